The van der Waals surface area contributed by atoms with Crippen molar-refractivity contribution < 1.29 is 14.6 Å². The third-order valence-electron chi connectivity index (χ3n) is 5.11. The SMILES string of the molecule is CCOC(=O)n1c(Nc2ccc(CCNc3nc4ccccc4s3)cc2)nc(CCSC)c1O. The first kappa shape index (κ1) is 23.9. The molecule has 4 rings (SSSR count). The number of hydrogen-bond donors (Lipinski definition) is 3. The van der Waals surface area contributed by atoms with E-state index in [2.05, 4.69) is 26.7 Å². The van der Waals surface area contributed by atoms with Gasteiger partial charge in [-0.1, -0.05) is 35.6 Å². The highest BCUT2D eigenvalue weighted by Crippen LogP contribution is 2.27. The first-order valence-electron chi connectivity index (χ1n) is 11.0. The Morgan fingerprint density at radius 2 is 1.94 bits per heavy atom. The number of carbonyl (C=O) groups excluding carboxylic acids is 1. The molecule has 4 aromatic rings. The van der Waals surface area contributed by atoms with E-state index in [4.69, 9.17) is 4.74 Å². The van der Waals surface area contributed by atoms with E-state index in [0.717, 1.165) is 45.2 Å². The monoisotopic (exact) mass is 497 g/mol. The second kappa shape index (κ2) is 11.3. The largest absolute Gasteiger partial charge is 0.493 e. The van der Waals surface area contributed by atoms with Crippen molar-refractivity contribution >= 4 is 56.2 Å². The fourth-order valence-corrected chi connectivity index (χ4v) is 4.70. The maximum Gasteiger partial charge on any atom is 0.423 e. The standard InChI is InChI=1S/C24H27N5O3S2/c1-3-32-24(31)29-21(30)19(13-15-33-2)27-22(29)26-17-10-8-16(9-11-17)12-14-25-23-28-18-6-4-5-7-20(18)34-23/h4-11,30H,3,12-15H2,1-2H3,(H,25,28)(H,26,27). The van der Waals surface area contributed by atoms with Gasteiger partial charge in [-0.3, -0.25) is 0 Å². The summed E-state index contributed by atoms with van der Waals surface area (Å²) in [5.41, 5.74) is 3.39. The predicted octanol–water partition coefficient (Wildman–Crippen LogP) is 5.51. The summed E-state index contributed by atoms with van der Waals surface area (Å²) >= 11 is 3.30. The van der Waals surface area contributed by atoms with Gasteiger partial charge < -0.3 is 20.5 Å². The number of aromatic hydroxyl groups is 1. The highest BCUT2D eigenvalue weighted by Gasteiger charge is 2.22. The lowest BCUT2D eigenvalue weighted by atomic mass is 10.1. The molecule has 8 nitrogen and oxygen atoms in total. The molecular weight excluding hydrogens is 470 g/mol. The summed E-state index contributed by atoms with van der Waals surface area (Å²) in [6.45, 7) is 2.69. The molecule has 0 bridgehead atoms. The minimum absolute atomic E-state index is 0.187. The van der Waals surface area contributed by atoms with Crippen LogP contribution in [0.3, 0.4) is 0 Å². The van der Waals surface area contributed by atoms with Crippen molar-refractivity contribution in [1.29, 1.82) is 0 Å². The fraction of sp³-hybridized carbons (Fsp3) is 0.292. The van der Waals surface area contributed by atoms with Crippen molar-refractivity contribution in [1.82, 2.24) is 14.5 Å². The number of anilines is 3. The van der Waals surface area contributed by atoms with Gasteiger partial charge in [0.05, 0.1) is 16.8 Å². The van der Waals surface area contributed by atoms with E-state index in [1.165, 1.54) is 4.70 Å². The van der Waals surface area contributed by atoms with Gasteiger partial charge in [0.15, 0.2) is 5.13 Å². The predicted molar refractivity (Wildman–Crippen MR) is 140 cm³/mol. The molecule has 0 aliphatic heterocycles. The molecule has 0 amide bonds. The third kappa shape index (κ3) is 5.63. The molecule has 2 aromatic heterocycles. The Bertz CT molecular complexity index is 1220. The first-order chi connectivity index (χ1) is 16.6. The number of nitrogens with one attached hydrogen (secondary N) is 2. The van der Waals surface area contributed by atoms with Crippen LogP contribution in [0.5, 0.6) is 5.88 Å². The van der Waals surface area contributed by atoms with Crippen LogP contribution in [0.1, 0.15) is 18.2 Å². The third-order valence-corrected chi connectivity index (χ3v) is 6.72. The zero-order chi connectivity index (χ0) is 23.9. The first-order valence-corrected chi connectivity index (χ1v) is 13.2. The number of para-hydroxylation sites is 1. The highest BCUT2D eigenvalue weighted by molar-refractivity contribution is 7.98. The molecule has 0 saturated carbocycles. The average molecular weight is 498 g/mol. The average Bonchev–Trinajstić information content (AvgIpc) is 3.39. The summed E-state index contributed by atoms with van der Waals surface area (Å²) in [5.74, 6) is 0.830. The summed E-state index contributed by atoms with van der Waals surface area (Å²) in [7, 11) is 0. The van der Waals surface area contributed by atoms with E-state index in [0.29, 0.717) is 12.1 Å². The van der Waals surface area contributed by atoms with Crippen LogP contribution in [-0.4, -0.2) is 50.9 Å². The zero-order valence-corrected chi connectivity index (χ0v) is 20.7. The van der Waals surface area contributed by atoms with Gasteiger partial charge in [-0.15, -0.1) is 0 Å². The Balaban J connectivity index is 1.40. The second-order valence-electron chi connectivity index (χ2n) is 7.47. The molecule has 0 radical (unpaired) electrons. The molecule has 34 heavy (non-hydrogen) atoms. The number of nitrogens with zero attached hydrogens (tertiary/aromatic N) is 3. The van der Waals surface area contributed by atoms with Crippen LogP contribution < -0.4 is 10.6 Å². The number of thioether (sulfide) groups is 1. The van der Waals surface area contributed by atoms with Gasteiger partial charge in [-0.25, -0.2) is 14.8 Å². The molecule has 2 heterocycles. The summed E-state index contributed by atoms with van der Waals surface area (Å²) in [5, 5.41) is 18.0. The molecule has 0 aliphatic carbocycles. The lowest BCUT2D eigenvalue weighted by Gasteiger charge is -2.10. The van der Waals surface area contributed by atoms with E-state index in [1.54, 1.807) is 30.0 Å². The Hall–Kier alpha value is -3.24. The molecule has 0 spiro atoms. The minimum atomic E-state index is -0.664. The maximum absolute atomic E-state index is 12.4. The van der Waals surface area contributed by atoms with Crippen molar-refractivity contribution in [2.24, 2.45) is 0 Å². The van der Waals surface area contributed by atoms with Crippen LogP contribution in [0.25, 0.3) is 10.2 Å². The molecule has 0 aliphatic rings. The van der Waals surface area contributed by atoms with Crippen LogP contribution in [-0.2, 0) is 17.6 Å². The van der Waals surface area contributed by atoms with Crippen molar-refractivity contribution in [2.45, 2.75) is 19.8 Å². The number of aromatic nitrogens is 3. The molecule has 0 atom stereocenters. The van der Waals surface area contributed by atoms with E-state index < -0.39 is 6.09 Å². The van der Waals surface area contributed by atoms with Crippen LogP contribution in [0.4, 0.5) is 21.6 Å². The van der Waals surface area contributed by atoms with Crippen molar-refractivity contribution in [3.05, 3.63) is 59.8 Å². The molecule has 178 valence electrons. The van der Waals surface area contributed by atoms with Crippen LogP contribution in [0.2, 0.25) is 0 Å². The number of benzene rings is 2. The Kier molecular flexibility index (Phi) is 7.91. The van der Waals surface area contributed by atoms with Crippen molar-refractivity contribution in [3.8, 4) is 5.88 Å². The minimum Gasteiger partial charge on any atom is -0.493 e. The van der Waals surface area contributed by atoms with Gasteiger partial charge in [0.1, 0.15) is 5.69 Å². The quantitative estimate of drug-likeness (QED) is 0.264. The molecular formula is C24H27N5O3S2. The summed E-state index contributed by atoms with van der Waals surface area (Å²) in [6, 6.07) is 16.0. The van der Waals surface area contributed by atoms with E-state index in [-0.39, 0.29) is 18.4 Å². The Morgan fingerprint density at radius 1 is 1.15 bits per heavy atom. The zero-order valence-electron chi connectivity index (χ0n) is 19.1. The number of rotatable bonds is 10. The molecule has 0 fully saturated rings. The maximum atomic E-state index is 12.4. The van der Waals surface area contributed by atoms with E-state index >= 15 is 0 Å². The molecule has 0 saturated heterocycles. The molecule has 3 N–H and O–H groups in total. The fourth-order valence-electron chi connectivity index (χ4n) is 3.41. The van der Waals surface area contributed by atoms with E-state index in [9.17, 15) is 9.90 Å². The van der Waals surface area contributed by atoms with Gasteiger partial charge in [0, 0.05) is 18.7 Å². The number of carbonyl (C=O) groups is 1. The van der Waals surface area contributed by atoms with Gasteiger partial charge >= 0.3 is 6.09 Å². The number of thiazole rings is 1. The van der Waals surface area contributed by atoms with Crippen molar-refractivity contribution in [2.75, 3.05) is 35.8 Å². The van der Waals surface area contributed by atoms with Gasteiger partial charge in [-0.2, -0.15) is 16.3 Å². The lowest BCUT2D eigenvalue weighted by Crippen LogP contribution is -2.15. The highest BCUT2D eigenvalue weighted by atomic mass is 32.2. The Morgan fingerprint density at radius 3 is 2.68 bits per heavy atom. The smallest absolute Gasteiger partial charge is 0.423 e. The van der Waals surface area contributed by atoms with Crippen molar-refractivity contribution in [3.63, 3.8) is 0 Å². The number of imidazole rings is 1. The molecule has 2 aromatic carbocycles. The second-order valence-corrected chi connectivity index (χ2v) is 9.48. The number of ether oxygens (including phenoxy) is 1. The normalized spacial score (nSPS) is 11.0. The van der Waals surface area contributed by atoms with Crippen LogP contribution in [0, 0.1) is 0 Å². The summed E-state index contributed by atoms with van der Waals surface area (Å²) < 4.78 is 7.34. The number of aryl methyl sites for hydroxylation is 1. The summed E-state index contributed by atoms with van der Waals surface area (Å²) in [4.78, 5) is 21.4. The Labute approximate surface area is 206 Å². The lowest BCUT2D eigenvalue weighted by molar-refractivity contribution is 0.152. The summed E-state index contributed by atoms with van der Waals surface area (Å²) in [6.07, 6.45) is 2.71. The molecule has 0 unspecified atom stereocenters. The van der Waals surface area contributed by atoms with E-state index in [1.807, 2.05) is 48.7 Å². The number of hydrogen-bond acceptors (Lipinski definition) is 9. The van der Waals surface area contributed by atoms with Gasteiger partial charge in [-0.05, 0) is 55.2 Å². The van der Waals surface area contributed by atoms with Crippen LogP contribution in [0.15, 0.2) is 48.5 Å². The van der Waals surface area contributed by atoms with Crippen LogP contribution >= 0.6 is 23.1 Å². The topological polar surface area (TPSA) is 101 Å². The number of fused-ring (bicyclic) bond motifs is 1. The van der Waals surface area contributed by atoms with Gasteiger partial charge in [0.25, 0.3) is 0 Å². The molecule has 10 heteroatoms. The van der Waals surface area contributed by atoms with Gasteiger partial charge in [0.2, 0.25) is 11.8 Å².